The van der Waals surface area contributed by atoms with Crippen LogP contribution in [-0.4, -0.2) is 9.85 Å². The Morgan fingerprint density at radius 3 is 2.10 bits per heavy atom. The van der Waals surface area contributed by atoms with Crippen molar-refractivity contribution in [3.05, 3.63) is 78.8 Å². The number of halogens is 1. The van der Waals surface area contributed by atoms with E-state index in [0.29, 0.717) is 10.6 Å². The normalized spacial score (nSPS) is 10.7. The molecule has 0 saturated heterocycles. The van der Waals surface area contributed by atoms with Gasteiger partial charge in [0, 0.05) is 17.2 Å². The maximum Gasteiger partial charge on any atom is 0.276 e. The summed E-state index contributed by atoms with van der Waals surface area (Å²) in [6.45, 7) is 0. The van der Waals surface area contributed by atoms with E-state index in [-0.39, 0.29) is 16.9 Å². The van der Waals surface area contributed by atoms with Crippen LogP contribution in [0.3, 0.4) is 0 Å². The quantitative estimate of drug-likeness (QED) is 0.478. The molecule has 0 saturated carbocycles. The molecular formula is C14H9ClN2O4. The zero-order valence-electron chi connectivity index (χ0n) is 10.6. The van der Waals surface area contributed by atoms with Crippen molar-refractivity contribution in [1.82, 2.24) is 0 Å². The van der Waals surface area contributed by atoms with Crippen molar-refractivity contribution in [1.29, 1.82) is 0 Å². The van der Waals surface area contributed by atoms with E-state index in [9.17, 15) is 20.2 Å². The molecule has 0 atom stereocenters. The van der Waals surface area contributed by atoms with Gasteiger partial charge in [0.2, 0.25) is 0 Å². The highest BCUT2D eigenvalue weighted by Crippen LogP contribution is 2.26. The molecule has 0 unspecified atom stereocenters. The predicted octanol–water partition coefficient (Wildman–Crippen LogP) is 4.33. The van der Waals surface area contributed by atoms with E-state index < -0.39 is 9.85 Å². The largest absolute Gasteiger partial charge is 0.276 e. The second kappa shape index (κ2) is 6.15. The lowest BCUT2D eigenvalue weighted by Gasteiger charge is -1.99. The molecule has 21 heavy (non-hydrogen) atoms. The molecule has 2 rings (SSSR count). The Hall–Kier alpha value is -2.73. The predicted molar refractivity (Wildman–Crippen MR) is 80.1 cm³/mol. The molecule has 6 nitrogen and oxygen atoms in total. The minimum absolute atomic E-state index is 0.0709. The average molecular weight is 305 g/mol. The molecule has 0 aromatic heterocycles. The van der Waals surface area contributed by atoms with E-state index in [1.807, 2.05) is 0 Å². The maximum absolute atomic E-state index is 10.9. The molecule has 0 radical (unpaired) electrons. The third-order valence-electron chi connectivity index (χ3n) is 2.76. The van der Waals surface area contributed by atoms with Crippen LogP contribution in [0.1, 0.15) is 11.1 Å². The summed E-state index contributed by atoms with van der Waals surface area (Å²) in [6.07, 6.45) is 2.89. The van der Waals surface area contributed by atoms with Crippen LogP contribution in [0.15, 0.2) is 42.5 Å². The van der Waals surface area contributed by atoms with Crippen molar-refractivity contribution >= 4 is 35.1 Å². The lowest BCUT2D eigenvalue weighted by Crippen LogP contribution is -1.92. The fraction of sp³-hybridized carbons (Fsp3) is 0. The molecular weight excluding hydrogens is 296 g/mol. The first-order chi connectivity index (χ1) is 9.99. The molecule has 0 bridgehead atoms. The van der Waals surface area contributed by atoms with Gasteiger partial charge >= 0.3 is 0 Å². The van der Waals surface area contributed by atoms with E-state index in [4.69, 9.17) is 11.6 Å². The molecule has 2 aromatic carbocycles. The topological polar surface area (TPSA) is 86.3 Å². The molecule has 0 N–H and O–H groups in total. The van der Waals surface area contributed by atoms with Crippen LogP contribution in [0, 0.1) is 20.2 Å². The van der Waals surface area contributed by atoms with Crippen LogP contribution in [0.4, 0.5) is 11.4 Å². The third kappa shape index (κ3) is 3.43. The van der Waals surface area contributed by atoms with Crippen LogP contribution < -0.4 is 0 Å². The van der Waals surface area contributed by atoms with E-state index in [1.54, 1.807) is 18.2 Å². The molecule has 0 aliphatic carbocycles. The fourth-order valence-electron chi connectivity index (χ4n) is 1.80. The number of nitrogens with zero attached hydrogens (tertiary/aromatic N) is 2. The summed E-state index contributed by atoms with van der Waals surface area (Å²) in [5.41, 5.74) is 0.454. The zero-order valence-corrected chi connectivity index (χ0v) is 11.4. The number of nitro benzene ring substituents is 2. The van der Waals surface area contributed by atoms with Crippen molar-refractivity contribution in [3.63, 3.8) is 0 Å². The molecule has 0 amide bonds. The monoisotopic (exact) mass is 304 g/mol. The van der Waals surface area contributed by atoms with Crippen molar-refractivity contribution in [3.8, 4) is 0 Å². The molecule has 0 fully saturated rings. The number of hydrogen-bond acceptors (Lipinski definition) is 4. The molecule has 0 spiro atoms. The number of hydrogen-bond donors (Lipinski definition) is 0. The summed E-state index contributed by atoms with van der Waals surface area (Å²) in [4.78, 5) is 20.8. The Morgan fingerprint density at radius 1 is 0.857 bits per heavy atom. The molecule has 0 heterocycles. The summed E-state index contributed by atoms with van der Waals surface area (Å²) >= 11 is 5.82. The second-order valence-corrected chi connectivity index (χ2v) is 4.55. The molecule has 106 valence electrons. The Morgan fingerprint density at radius 2 is 1.43 bits per heavy atom. The number of para-hydroxylation sites is 1. The van der Waals surface area contributed by atoms with Gasteiger partial charge in [0.25, 0.3) is 11.4 Å². The number of benzene rings is 2. The summed E-state index contributed by atoms with van der Waals surface area (Å²) in [5.74, 6) is 0. The molecule has 7 heteroatoms. The molecule has 0 aliphatic rings. The van der Waals surface area contributed by atoms with Crippen molar-refractivity contribution in [2.45, 2.75) is 0 Å². The van der Waals surface area contributed by atoms with E-state index in [0.717, 1.165) is 0 Å². The maximum atomic E-state index is 10.9. The van der Waals surface area contributed by atoms with Crippen molar-refractivity contribution in [2.24, 2.45) is 0 Å². The van der Waals surface area contributed by atoms with E-state index in [1.165, 1.54) is 36.4 Å². The van der Waals surface area contributed by atoms with Gasteiger partial charge in [0.05, 0.1) is 21.0 Å². The third-order valence-corrected chi connectivity index (χ3v) is 3.00. The standard InChI is InChI=1S/C14H9ClN2O4/c15-12-7-8-14(17(20)21)11(9-12)6-5-10-3-1-2-4-13(10)16(18)19/h1-9H/b6-5+. The lowest BCUT2D eigenvalue weighted by atomic mass is 10.1. The van der Waals surface area contributed by atoms with Gasteiger partial charge in [-0.3, -0.25) is 20.2 Å². The first-order valence-corrected chi connectivity index (χ1v) is 6.22. The highest BCUT2D eigenvalue weighted by molar-refractivity contribution is 6.30. The summed E-state index contributed by atoms with van der Waals surface area (Å²) in [6, 6.07) is 10.3. The van der Waals surface area contributed by atoms with Gasteiger partial charge in [0.1, 0.15) is 0 Å². The fourth-order valence-corrected chi connectivity index (χ4v) is 1.98. The van der Waals surface area contributed by atoms with Gasteiger partial charge in [-0.1, -0.05) is 23.7 Å². The highest BCUT2D eigenvalue weighted by Gasteiger charge is 2.13. The van der Waals surface area contributed by atoms with Crippen LogP contribution in [0.5, 0.6) is 0 Å². The molecule has 2 aromatic rings. The summed E-state index contributed by atoms with van der Waals surface area (Å²) in [7, 11) is 0. The minimum Gasteiger partial charge on any atom is -0.258 e. The minimum atomic E-state index is -0.532. The van der Waals surface area contributed by atoms with Crippen LogP contribution >= 0.6 is 11.6 Å². The zero-order chi connectivity index (χ0) is 15.4. The van der Waals surface area contributed by atoms with Gasteiger partial charge in [-0.15, -0.1) is 0 Å². The first-order valence-electron chi connectivity index (χ1n) is 5.84. The van der Waals surface area contributed by atoms with Gasteiger partial charge in [-0.05, 0) is 30.4 Å². The average Bonchev–Trinajstić information content (AvgIpc) is 2.45. The Kier molecular flexibility index (Phi) is 4.30. The smallest absolute Gasteiger partial charge is 0.258 e. The van der Waals surface area contributed by atoms with Crippen molar-refractivity contribution < 1.29 is 9.85 Å². The lowest BCUT2D eigenvalue weighted by molar-refractivity contribution is -0.385. The second-order valence-electron chi connectivity index (χ2n) is 4.11. The highest BCUT2D eigenvalue weighted by atomic mass is 35.5. The van der Waals surface area contributed by atoms with Gasteiger partial charge in [-0.2, -0.15) is 0 Å². The first kappa shape index (κ1) is 14.7. The van der Waals surface area contributed by atoms with E-state index >= 15 is 0 Å². The molecule has 0 aliphatic heterocycles. The summed E-state index contributed by atoms with van der Waals surface area (Å²) < 4.78 is 0. The number of rotatable bonds is 4. The van der Waals surface area contributed by atoms with Gasteiger partial charge < -0.3 is 0 Å². The SMILES string of the molecule is O=[N+]([O-])c1ccccc1/C=C/c1cc(Cl)ccc1[N+](=O)[O-]. The van der Waals surface area contributed by atoms with E-state index in [2.05, 4.69) is 0 Å². The summed E-state index contributed by atoms with van der Waals surface area (Å²) in [5, 5.41) is 22.2. The van der Waals surface area contributed by atoms with Gasteiger partial charge in [0.15, 0.2) is 0 Å². The Balaban J connectivity index is 2.45. The van der Waals surface area contributed by atoms with Crippen LogP contribution in [0.2, 0.25) is 5.02 Å². The van der Waals surface area contributed by atoms with Gasteiger partial charge in [-0.25, -0.2) is 0 Å². The Labute approximate surface area is 124 Å². The van der Waals surface area contributed by atoms with Crippen molar-refractivity contribution in [2.75, 3.05) is 0 Å². The van der Waals surface area contributed by atoms with Crippen LogP contribution in [0.25, 0.3) is 12.2 Å². The Bertz CT molecular complexity index is 744. The van der Waals surface area contributed by atoms with Crippen LogP contribution in [-0.2, 0) is 0 Å². The number of nitro groups is 2.